The molecule has 2 aromatic carbocycles. The van der Waals surface area contributed by atoms with Crippen molar-refractivity contribution in [2.24, 2.45) is 5.92 Å². The maximum atomic E-state index is 12.4. The molecule has 8 heteroatoms. The summed E-state index contributed by atoms with van der Waals surface area (Å²) in [4.78, 5) is 26.8. The first-order valence-electron chi connectivity index (χ1n) is 12.1. The molecule has 0 unspecified atom stereocenters. The number of nitrogens with one attached hydrogen (secondary N) is 2. The van der Waals surface area contributed by atoms with E-state index >= 15 is 0 Å². The van der Waals surface area contributed by atoms with E-state index in [0.717, 1.165) is 55.8 Å². The van der Waals surface area contributed by atoms with E-state index in [4.69, 9.17) is 14.2 Å². The van der Waals surface area contributed by atoms with Gasteiger partial charge < -0.3 is 24.8 Å². The zero-order valence-corrected chi connectivity index (χ0v) is 21.2. The fraction of sp³-hybridized carbons (Fsp3) is 0.481. The predicted molar refractivity (Wildman–Crippen MR) is 136 cm³/mol. The van der Waals surface area contributed by atoms with Gasteiger partial charge in [-0.2, -0.15) is 0 Å². The van der Waals surface area contributed by atoms with Crippen LogP contribution >= 0.6 is 0 Å². The van der Waals surface area contributed by atoms with Gasteiger partial charge in [0, 0.05) is 6.07 Å². The Morgan fingerprint density at radius 3 is 2.26 bits per heavy atom. The first-order valence-corrected chi connectivity index (χ1v) is 12.1. The van der Waals surface area contributed by atoms with E-state index in [2.05, 4.69) is 27.7 Å². The molecule has 1 aliphatic rings. The third kappa shape index (κ3) is 8.17. The second-order valence-electron chi connectivity index (χ2n) is 9.01. The lowest BCUT2D eigenvalue weighted by Gasteiger charge is -2.31. The lowest BCUT2D eigenvalue weighted by Crippen LogP contribution is -2.43. The lowest BCUT2D eigenvalue weighted by atomic mass is 9.90. The molecule has 0 atom stereocenters. The molecule has 1 fully saturated rings. The second-order valence-corrected chi connectivity index (χ2v) is 9.01. The number of amides is 2. The SMILES string of the molecule is COc1cc(CCC2CCN(CC(=O)NCC(=O)Nc3cc(C)ccc3OC)CC2)cc(OC)c1. The number of methoxy groups -OCH3 is 3. The summed E-state index contributed by atoms with van der Waals surface area (Å²) in [7, 11) is 4.89. The van der Waals surface area contributed by atoms with Crippen LogP contribution in [-0.2, 0) is 16.0 Å². The summed E-state index contributed by atoms with van der Waals surface area (Å²) in [5.41, 5.74) is 2.82. The Morgan fingerprint density at radius 2 is 1.63 bits per heavy atom. The Balaban J connectivity index is 1.36. The number of hydrogen-bond donors (Lipinski definition) is 2. The molecular weight excluding hydrogens is 446 g/mol. The Labute approximate surface area is 207 Å². The van der Waals surface area contributed by atoms with Gasteiger partial charge >= 0.3 is 0 Å². The second kappa shape index (κ2) is 13.0. The van der Waals surface area contributed by atoms with E-state index in [0.29, 0.717) is 23.9 Å². The number of benzene rings is 2. The average molecular weight is 484 g/mol. The normalized spacial score (nSPS) is 14.3. The number of aryl methyl sites for hydroxylation is 2. The Hall–Kier alpha value is -3.26. The summed E-state index contributed by atoms with van der Waals surface area (Å²) >= 11 is 0. The van der Waals surface area contributed by atoms with Crippen molar-refractivity contribution in [3.05, 3.63) is 47.5 Å². The Bertz CT molecular complexity index is 980. The highest BCUT2D eigenvalue weighted by Crippen LogP contribution is 2.27. The summed E-state index contributed by atoms with van der Waals surface area (Å²) in [6.45, 7) is 3.94. The van der Waals surface area contributed by atoms with E-state index in [1.165, 1.54) is 5.56 Å². The molecule has 0 aliphatic carbocycles. The van der Waals surface area contributed by atoms with Gasteiger partial charge in [-0.25, -0.2) is 0 Å². The number of anilines is 1. The minimum absolute atomic E-state index is 0.0730. The maximum Gasteiger partial charge on any atom is 0.243 e. The Morgan fingerprint density at radius 1 is 0.943 bits per heavy atom. The van der Waals surface area contributed by atoms with E-state index < -0.39 is 0 Å². The highest BCUT2D eigenvalue weighted by molar-refractivity contribution is 5.96. The van der Waals surface area contributed by atoms with Crippen LogP contribution < -0.4 is 24.8 Å². The molecule has 3 rings (SSSR count). The number of rotatable bonds is 11. The minimum atomic E-state index is -0.282. The van der Waals surface area contributed by atoms with E-state index in [9.17, 15) is 9.59 Å². The van der Waals surface area contributed by atoms with Gasteiger partial charge in [-0.3, -0.25) is 14.5 Å². The molecule has 2 N–H and O–H groups in total. The molecule has 2 aromatic rings. The number of hydrogen-bond acceptors (Lipinski definition) is 6. The molecular formula is C27H37N3O5. The van der Waals surface area contributed by atoms with Crippen LogP contribution in [0.3, 0.4) is 0 Å². The van der Waals surface area contributed by atoms with E-state index in [-0.39, 0.29) is 18.4 Å². The van der Waals surface area contributed by atoms with Crippen molar-refractivity contribution in [1.82, 2.24) is 10.2 Å². The van der Waals surface area contributed by atoms with Crippen molar-refractivity contribution in [3.63, 3.8) is 0 Å². The van der Waals surface area contributed by atoms with Crippen LogP contribution in [0.4, 0.5) is 5.69 Å². The van der Waals surface area contributed by atoms with Crippen LogP contribution in [0.15, 0.2) is 36.4 Å². The summed E-state index contributed by atoms with van der Waals surface area (Å²) in [5.74, 6) is 2.41. The molecule has 0 aromatic heterocycles. The number of nitrogens with zero attached hydrogens (tertiary/aromatic N) is 1. The summed E-state index contributed by atoms with van der Waals surface area (Å²) in [5, 5.41) is 5.53. The van der Waals surface area contributed by atoms with Gasteiger partial charge in [-0.15, -0.1) is 0 Å². The van der Waals surface area contributed by atoms with Crippen molar-refractivity contribution < 1.29 is 23.8 Å². The van der Waals surface area contributed by atoms with Gasteiger partial charge in [0.2, 0.25) is 11.8 Å². The third-order valence-electron chi connectivity index (χ3n) is 6.40. The van der Waals surface area contributed by atoms with Crippen molar-refractivity contribution in [3.8, 4) is 17.2 Å². The molecule has 190 valence electrons. The van der Waals surface area contributed by atoms with Crippen molar-refractivity contribution >= 4 is 17.5 Å². The first kappa shape index (κ1) is 26.3. The minimum Gasteiger partial charge on any atom is -0.497 e. The first-order chi connectivity index (χ1) is 16.9. The topological polar surface area (TPSA) is 89.1 Å². The fourth-order valence-electron chi connectivity index (χ4n) is 4.37. The van der Waals surface area contributed by atoms with Crippen LogP contribution in [0.25, 0.3) is 0 Å². The average Bonchev–Trinajstić information content (AvgIpc) is 2.87. The molecule has 0 saturated carbocycles. The highest BCUT2D eigenvalue weighted by Gasteiger charge is 2.21. The number of piperidine rings is 1. The van der Waals surface area contributed by atoms with Crippen LogP contribution in [0.5, 0.6) is 17.2 Å². The number of ether oxygens (including phenoxy) is 3. The number of carbonyl (C=O) groups is 2. The fourth-order valence-corrected chi connectivity index (χ4v) is 4.37. The van der Waals surface area contributed by atoms with E-state index in [1.54, 1.807) is 27.4 Å². The monoisotopic (exact) mass is 483 g/mol. The van der Waals surface area contributed by atoms with Crippen LogP contribution in [0.2, 0.25) is 0 Å². The summed E-state index contributed by atoms with van der Waals surface area (Å²) in [6, 6.07) is 11.6. The smallest absolute Gasteiger partial charge is 0.243 e. The van der Waals surface area contributed by atoms with Crippen LogP contribution in [-0.4, -0.2) is 64.2 Å². The van der Waals surface area contributed by atoms with Gasteiger partial charge in [0.15, 0.2) is 0 Å². The van der Waals surface area contributed by atoms with Gasteiger partial charge in [-0.1, -0.05) is 6.07 Å². The molecule has 0 spiro atoms. The maximum absolute atomic E-state index is 12.4. The molecule has 0 radical (unpaired) electrons. The number of carbonyl (C=O) groups excluding carboxylic acids is 2. The zero-order chi connectivity index (χ0) is 25.2. The predicted octanol–water partition coefficient (Wildman–Crippen LogP) is 3.42. The van der Waals surface area contributed by atoms with Gasteiger partial charge in [-0.05, 0) is 87.0 Å². The third-order valence-corrected chi connectivity index (χ3v) is 6.40. The highest BCUT2D eigenvalue weighted by atomic mass is 16.5. The Kier molecular flexibility index (Phi) is 9.78. The van der Waals surface area contributed by atoms with Gasteiger partial charge in [0.05, 0.1) is 40.1 Å². The molecule has 1 heterocycles. The molecule has 35 heavy (non-hydrogen) atoms. The zero-order valence-electron chi connectivity index (χ0n) is 21.2. The molecule has 1 aliphatic heterocycles. The van der Waals surface area contributed by atoms with Crippen LogP contribution in [0.1, 0.15) is 30.4 Å². The number of likely N-dealkylation sites (tertiary alicyclic amines) is 1. The summed E-state index contributed by atoms with van der Waals surface area (Å²) < 4.78 is 16.0. The lowest BCUT2D eigenvalue weighted by molar-refractivity contribution is -0.125. The van der Waals surface area contributed by atoms with Crippen LogP contribution in [0, 0.1) is 12.8 Å². The molecule has 8 nitrogen and oxygen atoms in total. The molecule has 1 saturated heterocycles. The van der Waals surface area contributed by atoms with Gasteiger partial charge in [0.1, 0.15) is 17.2 Å². The molecule has 0 bridgehead atoms. The largest absolute Gasteiger partial charge is 0.497 e. The van der Waals surface area contributed by atoms with E-state index in [1.807, 2.05) is 25.1 Å². The summed E-state index contributed by atoms with van der Waals surface area (Å²) in [6.07, 6.45) is 4.18. The van der Waals surface area contributed by atoms with Gasteiger partial charge in [0.25, 0.3) is 0 Å². The molecule has 2 amide bonds. The quantitative estimate of drug-likeness (QED) is 0.509. The van der Waals surface area contributed by atoms with Crippen molar-refractivity contribution in [2.75, 3.05) is 52.8 Å². The standard InChI is InChI=1S/C27H37N3O5/c1-19-5-8-25(35-4)24(13-19)29-26(31)17-28-27(32)18-30-11-9-20(10-12-30)6-7-21-14-22(33-2)16-23(15-21)34-3/h5,8,13-16,20H,6-7,9-12,17-18H2,1-4H3,(H,28,32)(H,29,31). The van der Waals surface area contributed by atoms with Crippen molar-refractivity contribution in [1.29, 1.82) is 0 Å². The van der Waals surface area contributed by atoms with Crippen molar-refractivity contribution in [2.45, 2.75) is 32.6 Å².